The summed E-state index contributed by atoms with van der Waals surface area (Å²) in [5.41, 5.74) is 10.0. The molecule has 0 aliphatic rings. The molecule has 1 aromatic carbocycles. The summed E-state index contributed by atoms with van der Waals surface area (Å²) in [7, 11) is 0. The summed E-state index contributed by atoms with van der Waals surface area (Å²) < 4.78 is 5.15. The van der Waals surface area contributed by atoms with Crippen LogP contribution >= 0.6 is 0 Å². The molecule has 0 radical (unpaired) electrons. The van der Waals surface area contributed by atoms with E-state index in [1.165, 1.54) is 0 Å². The van der Waals surface area contributed by atoms with Crippen molar-refractivity contribution >= 4 is 17.8 Å². The summed E-state index contributed by atoms with van der Waals surface area (Å²) in [4.78, 5) is 35.5. The number of nitrogens with two attached hydrogens (primary N) is 1. The van der Waals surface area contributed by atoms with Gasteiger partial charge in [0.05, 0.1) is 0 Å². The van der Waals surface area contributed by atoms with Crippen molar-refractivity contribution in [1.82, 2.24) is 5.32 Å². The summed E-state index contributed by atoms with van der Waals surface area (Å²) in [5, 5.41) is 2.58. The van der Waals surface area contributed by atoms with E-state index in [1.54, 1.807) is 0 Å². The maximum atomic E-state index is 12.1. The normalized spacial score (nSPS) is 14.2. The molecule has 0 aliphatic carbocycles. The zero-order valence-electron chi connectivity index (χ0n) is 14.9. The predicted molar refractivity (Wildman–Crippen MR) is 92.7 cm³/mol. The number of benzene rings is 1. The molecule has 6 N–H and O–H groups in total. The number of hydrogen-bond donors (Lipinski definition) is 3. The van der Waals surface area contributed by atoms with Crippen molar-refractivity contribution in [3.8, 4) is 0 Å². The Hall–Kier alpha value is -2.41. The Bertz CT molecular complexity index is 577. The first-order chi connectivity index (χ1) is 11.8. The molecule has 7 nitrogen and oxygen atoms in total. The van der Waals surface area contributed by atoms with E-state index >= 15 is 0 Å². The smallest absolute Gasteiger partial charge is 0.306 e. The molecule has 138 valence electrons. The van der Waals surface area contributed by atoms with Gasteiger partial charge in [-0.05, 0) is 18.4 Å². The minimum Gasteiger partial charge on any atom is -0.461 e. The molecule has 2 amide bonds. The standard InChI is InChI=1S/C18H27N3O4/c1-3-12(2)16(19)18(24)21-14(17(20)23)9-10-15(22)25-11-13-7-5-4-6-8-13/h4-8,12,14,16H,3,9-11,19H2,1-2H3,(H2,20,23)(H,21,24)/p+1/t12-,14-,16-/m0/s1. The third kappa shape index (κ3) is 7.34. The fourth-order valence-electron chi connectivity index (χ4n) is 2.18. The number of esters is 1. The van der Waals surface area contributed by atoms with Gasteiger partial charge in [0, 0.05) is 12.3 Å². The predicted octanol–water partition coefficient (Wildman–Crippen LogP) is 0.137. The van der Waals surface area contributed by atoms with Gasteiger partial charge >= 0.3 is 5.97 Å². The van der Waals surface area contributed by atoms with Crippen LogP contribution in [0.2, 0.25) is 0 Å². The summed E-state index contributed by atoms with van der Waals surface area (Å²) in [6.07, 6.45) is 0.891. The first-order valence-electron chi connectivity index (χ1n) is 8.47. The van der Waals surface area contributed by atoms with Crippen LogP contribution in [0, 0.1) is 5.92 Å². The molecule has 0 saturated heterocycles. The number of carbonyl (C=O) groups is 3. The van der Waals surface area contributed by atoms with Crippen molar-refractivity contribution in [3.05, 3.63) is 35.9 Å². The van der Waals surface area contributed by atoms with Crippen molar-refractivity contribution in [2.45, 2.75) is 51.8 Å². The van der Waals surface area contributed by atoms with E-state index in [0.717, 1.165) is 12.0 Å². The lowest BCUT2D eigenvalue weighted by Crippen LogP contribution is -2.71. The Morgan fingerprint density at radius 1 is 1.24 bits per heavy atom. The first kappa shape index (κ1) is 20.6. The Morgan fingerprint density at radius 2 is 1.88 bits per heavy atom. The summed E-state index contributed by atoms with van der Waals surface area (Å²) in [6.45, 7) is 4.05. The van der Waals surface area contributed by atoms with Crippen LogP contribution in [0.15, 0.2) is 30.3 Å². The molecule has 0 aromatic heterocycles. The topological polar surface area (TPSA) is 126 Å². The van der Waals surface area contributed by atoms with Gasteiger partial charge in [0.1, 0.15) is 12.6 Å². The second kappa shape index (κ2) is 10.5. The molecule has 0 unspecified atom stereocenters. The third-order valence-corrected chi connectivity index (χ3v) is 4.21. The number of hydrogen-bond acceptors (Lipinski definition) is 4. The molecule has 0 heterocycles. The summed E-state index contributed by atoms with van der Waals surface area (Å²) >= 11 is 0. The molecule has 1 aromatic rings. The summed E-state index contributed by atoms with van der Waals surface area (Å²) in [5.74, 6) is -1.38. The average Bonchev–Trinajstić information content (AvgIpc) is 2.62. The quantitative estimate of drug-likeness (QED) is 0.519. The Kier molecular flexibility index (Phi) is 8.63. The van der Waals surface area contributed by atoms with Gasteiger partial charge in [0.25, 0.3) is 5.91 Å². The Morgan fingerprint density at radius 3 is 2.44 bits per heavy atom. The van der Waals surface area contributed by atoms with Crippen LogP contribution < -0.4 is 16.8 Å². The van der Waals surface area contributed by atoms with Crippen LogP contribution in [-0.2, 0) is 25.7 Å². The number of rotatable bonds is 10. The van der Waals surface area contributed by atoms with Gasteiger partial charge in [-0.3, -0.25) is 14.4 Å². The molecular weight excluding hydrogens is 322 g/mol. The monoisotopic (exact) mass is 350 g/mol. The van der Waals surface area contributed by atoms with Crippen LogP contribution in [0.1, 0.15) is 38.7 Å². The van der Waals surface area contributed by atoms with Crippen LogP contribution in [0.3, 0.4) is 0 Å². The number of amides is 2. The Balaban J connectivity index is 2.45. The lowest BCUT2D eigenvalue weighted by Gasteiger charge is -2.19. The first-order valence-corrected chi connectivity index (χ1v) is 8.47. The summed E-state index contributed by atoms with van der Waals surface area (Å²) in [6, 6.07) is 7.90. The molecule has 1 rings (SSSR count). The van der Waals surface area contributed by atoms with E-state index in [4.69, 9.17) is 10.5 Å². The SMILES string of the molecule is CC[C@H](C)[C@H]([NH3+])C(=O)N[C@@H](CCC(=O)OCc1ccccc1)C(N)=O. The number of quaternary nitrogens is 1. The van der Waals surface area contributed by atoms with Gasteiger partial charge in [-0.25, -0.2) is 0 Å². The average molecular weight is 350 g/mol. The van der Waals surface area contributed by atoms with E-state index in [1.807, 2.05) is 44.2 Å². The van der Waals surface area contributed by atoms with Crippen LogP contribution in [0.25, 0.3) is 0 Å². The lowest BCUT2D eigenvalue weighted by atomic mass is 9.99. The maximum Gasteiger partial charge on any atom is 0.306 e. The molecule has 25 heavy (non-hydrogen) atoms. The molecule has 0 saturated carbocycles. The van der Waals surface area contributed by atoms with Gasteiger partial charge in [-0.15, -0.1) is 0 Å². The fourth-order valence-corrected chi connectivity index (χ4v) is 2.18. The van der Waals surface area contributed by atoms with Crippen LogP contribution in [-0.4, -0.2) is 29.9 Å². The highest BCUT2D eigenvalue weighted by Gasteiger charge is 2.27. The number of nitrogens with one attached hydrogen (secondary N) is 1. The van der Waals surface area contributed by atoms with Gasteiger partial charge in [-0.2, -0.15) is 0 Å². The molecular formula is C18H28N3O4+. The highest BCUT2D eigenvalue weighted by Crippen LogP contribution is 2.07. The largest absolute Gasteiger partial charge is 0.461 e. The zero-order valence-corrected chi connectivity index (χ0v) is 14.9. The van der Waals surface area contributed by atoms with E-state index < -0.39 is 24.0 Å². The molecule has 0 spiro atoms. The van der Waals surface area contributed by atoms with Crippen molar-refractivity contribution in [3.63, 3.8) is 0 Å². The lowest BCUT2D eigenvalue weighted by molar-refractivity contribution is -0.415. The highest BCUT2D eigenvalue weighted by atomic mass is 16.5. The molecule has 0 aliphatic heterocycles. The fraction of sp³-hybridized carbons (Fsp3) is 0.500. The van der Waals surface area contributed by atoms with Crippen LogP contribution in [0.5, 0.6) is 0 Å². The van der Waals surface area contributed by atoms with Gasteiger partial charge in [-0.1, -0.05) is 44.2 Å². The van der Waals surface area contributed by atoms with Crippen molar-refractivity contribution in [2.75, 3.05) is 0 Å². The van der Waals surface area contributed by atoms with Gasteiger partial charge in [0.2, 0.25) is 5.91 Å². The number of ether oxygens (including phenoxy) is 1. The van der Waals surface area contributed by atoms with Crippen molar-refractivity contribution < 1.29 is 24.9 Å². The molecule has 7 heteroatoms. The van der Waals surface area contributed by atoms with Gasteiger partial charge in [0.15, 0.2) is 6.04 Å². The second-order valence-corrected chi connectivity index (χ2v) is 6.14. The highest BCUT2D eigenvalue weighted by molar-refractivity contribution is 5.88. The zero-order chi connectivity index (χ0) is 18.8. The van der Waals surface area contributed by atoms with E-state index in [-0.39, 0.29) is 31.3 Å². The van der Waals surface area contributed by atoms with Gasteiger partial charge < -0.3 is 21.5 Å². The minimum absolute atomic E-state index is 0.00807. The van der Waals surface area contributed by atoms with E-state index in [9.17, 15) is 14.4 Å². The third-order valence-electron chi connectivity index (χ3n) is 4.21. The number of primary amides is 1. The Labute approximate surface area is 148 Å². The molecule has 0 bridgehead atoms. The second-order valence-electron chi connectivity index (χ2n) is 6.14. The van der Waals surface area contributed by atoms with E-state index in [0.29, 0.717) is 0 Å². The van der Waals surface area contributed by atoms with Crippen molar-refractivity contribution in [1.29, 1.82) is 0 Å². The van der Waals surface area contributed by atoms with Crippen LogP contribution in [0.4, 0.5) is 0 Å². The van der Waals surface area contributed by atoms with Crippen molar-refractivity contribution in [2.24, 2.45) is 11.7 Å². The molecule has 0 fully saturated rings. The maximum absolute atomic E-state index is 12.1. The number of carbonyl (C=O) groups excluding carboxylic acids is 3. The minimum atomic E-state index is -0.912. The molecule has 3 atom stereocenters. The van der Waals surface area contributed by atoms with E-state index in [2.05, 4.69) is 11.1 Å².